The zero-order chi connectivity index (χ0) is 20.8. The van der Waals surface area contributed by atoms with Crippen LogP contribution >= 0.6 is 0 Å². The average Bonchev–Trinajstić information content (AvgIpc) is 2.71. The van der Waals surface area contributed by atoms with Gasteiger partial charge in [0.1, 0.15) is 0 Å². The van der Waals surface area contributed by atoms with E-state index in [4.69, 9.17) is 4.74 Å². The van der Waals surface area contributed by atoms with Crippen molar-refractivity contribution in [2.75, 3.05) is 11.9 Å². The summed E-state index contributed by atoms with van der Waals surface area (Å²) in [5, 5.41) is 5.48. The zero-order valence-electron chi connectivity index (χ0n) is 16.8. The normalized spacial score (nSPS) is 13.7. The molecule has 0 radical (unpaired) electrons. The maximum absolute atomic E-state index is 12.2. The van der Waals surface area contributed by atoms with Crippen molar-refractivity contribution >= 4 is 23.5 Å². The first-order valence-electron chi connectivity index (χ1n) is 9.88. The van der Waals surface area contributed by atoms with Gasteiger partial charge in [-0.2, -0.15) is 0 Å². The Balaban J connectivity index is 1.53. The third-order valence-corrected chi connectivity index (χ3v) is 5.00. The summed E-state index contributed by atoms with van der Waals surface area (Å²) in [4.78, 5) is 35.5. The molecule has 6 nitrogen and oxygen atoms in total. The van der Waals surface area contributed by atoms with Gasteiger partial charge in [-0.1, -0.05) is 24.3 Å². The van der Waals surface area contributed by atoms with Crippen LogP contribution < -0.4 is 10.6 Å². The van der Waals surface area contributed by atoms with Crippen LogP contribution in [-0.4, -0.2) is 24.4 Å². The van der Waals surface area contributed by atoms with Gasteiger partial charge in [0.25, 0.3) is 5.91 Å². The fraction of sp³-hybridized carbons (Fsp3) is 0.348. The molecular weight excluding hydrogens is 368 g/mol. The third-order valence-electron chi connectivity index (χ3n) is 5.00. The lowest BCUT2D eigenvalue weighted by atomic mass is 9.89. The van der Waals surface area contributed by atoms with Gasteiger partial charge < -0.3 is 15.4 Å². The zero-order valence-corrected chi connectivity index (χ0v) is 16.8. The minimum absolute atomic E-state index is 0.170. The number of esters is 1. The van der Waals surface area contributed by atoms with Crippen molar-refractivity contribution in [1.82, 2.24) is 5.32 Å². The number of rotatable bonds is 6. The van der Waals surface area contributed by atoms with Crippen molar-refractivity contribution in [2.24, 2.45) is 0 Å². The summed E-state index contributed by atoms with van der Waals surface area (Å²) in [6.07, 6.45) is 4.64. The van der Waals surface area contributed by atoms with Gasteiger partial charge in [0.05, 0.1) is 11.6 Å². The Labute approximate surface area is 170 Å². The third kappa shape index (κ3) is 5.67. The summed E-state index contributed by atoms with van der Waals surface area (Å²) >= 11 is 0. The molecule has 152 valence electrons. The Bertz CT molecular complexity index is 923. The van der Waals surface area contributed by atoms with Gasteiger partial charge in [0, 0.05) is 12.6 Å². The molecular formula is C23H26N2O4. The lowest BCUT2D eigenvalue weighted by molar-refractivity contribution is -0.124. The van der Waals surface area contributed by atoms with Crippen molar-refractivity contribution in [2.45, 2.75) is 45.6 Å². The van der Waals surface area contributed by atoms with Crippen LogP contribution in [0.4, 0.5) is 5.69 Å². The molecule has 29 heavy (non-hydrogen) atoms. The van der Waals surface area contributed by atoms with E-state index in [9.17, 15) is 14.4 Å². The standard InChI is InChI=1S/C23H26N2O4/c1-15(18-11-10-17-6-3-4-7-19(17)12-18)24-22(27)14-29-23(28)20-8-5-9-21(13-20)25-16(2)26/h5,8-13,15H,3-4,6-7,14H2,1-2H3,(H,24,27)(H,25,26)/t15-/m0/s1. The van der Waals surface area contributed by atoms with E-state index < -0.39 is 5.97 Å². The molecule has 0 saturated heterocycles. The van der Waals surface area contributed by atoms with Crippen LogP contribution in [0.5, 0.6) is 0 Å². The van der Waals surface area contributed by atoms with Crippen molar-refractivity contribution in [1.29, 1.82) is 0 Å². The van der Waals surface area contributed by atoms with E-state index in [1.165, 1.54) is 37.0 Å². The van der Waals surface area contributed by atoms with Crippen LogP contribution in [0.1, 0.15) is 59.8 Å². The first kappa shape index (κ1) is 20.6. The number of amides is 2. The van der Waals surface area contributed by atoms with E-state index in [2.05, 4.69) is 28.8 Å². The molecule has 0 heterocycles. The number of hydrogen-bond donors (Lipinski definition) is 2. The molecule has 0 unspecified atom stereocenters. The van der Waals surface area contributed by atoms with Gasteiger partial charge in [0.15, 0.2) is 6.61 Å². The predicted octanol–water partition coefficient (Wildman–Crippen LogP) is 3.56. The Kier molecular flexibility index (Phi) is 6.65. The predicted molar refractivity (Wildman–Crippen MR) is 111 cm³/mol. The summed E-state index contributed by atoms with van der Waals surface area (Å²) in [5.74, 6) is -1.21. The maximum Gasteiger partial charge on any atom is 0.338 e. The van der Waals surface area contributed by atoms with E-state index >= 15 is 0 Å². The number of carbonyl (C=O) groups is 3. The number of nitrogens with one attached hydrogen (secondary N) is 2. The summed E-state index contributed by atoms with van der Waals surface area (Å²) in [7, 11) is 0. The Morgan fingerprint density at radius 2 is 1.79 bits per heavy atom. The van der Waals surface area contributed by atoms with Gasteiger partial charge in [-0.3, -0.25) is 9.59 Å². The molecule has 0 bridgehead atoms. The molecule has 0 spiro atoms. The van der Waals surface area contributed by atoms with E-state index in [0.29, 0.717) is 5.69 Å². The van der Waals surface area contributed by atoms with Crippen LogP contribution in [0.2, 0.25) is 0 Å². The summed E-state index contributed by atoms with van der Waals surface area (Å²) in [5.41, 5.74) is 4.58. The summed E-state index contributed by atoms with van der Waals surface area (Å²) in [6.45, 7) is 2.94. The SMILES string of the molecule is CC(=O)Nc1cccc(C(=O)OCC(=O)N[C@@H](C)c2ccc3c(c2)CCCC3)c1. The summed E-state index contributed by atoms with van der Waals surface area (Å²) < 4.78 is 5.11. The molecule has 0 fully saturated rings. The van der Waals surface area contributed by atoms with Crippen LogP contribution in [0.15, 0.2) is 42.5 Å². The first-order valence-corrected chi connectivity index (χ1v) is 9.88. The molecule has 2 aromatic rings. The fourth-order valence-corrected chi connectivity index (χ4v) is 3.53. The second kappa shape index (κ2) is 9.37. The highest BCUT2D eigenvalue weighted by atomic mass is 16.5. The molecule has 1 aliphatic carbocycles. The molecule has 2 amide bonds. The number of fused-ring (bicyclic) bond motifs is 1. The van der Waals surface area contributed by atoms with Crippen molar-refractivity contribution < 1.29 is 19.1 Å². The molecule has 3 rings (SSSR count). The van der Waals surface area contributed by atoms with Crippen LogP contribution in [0.3, 0.4) is 0 Å². The monoisotopic (exact) mass is 394 g/mol. The molecule has 1 atom stereocenters. The van der Waals surface area contributed by atoms with Crippen LogP contribution in [0.25, 0.3) is 0 Å². The minimum atomic E-state index is -0.617. The second-order valence-corrected chi connectivity index (χ2v) is 7.36. The molecule has 2 N–H and O–H groups in total. The highest BCUT2D eigenvalue weighted by Gasteiger charge is 2.16. The summed E-state index contributed by atoms with van der Waals surface area (Å²) in [6, 6.07) is 12.6. The minimum Gasteiger partial charge on any atom is -0.452 e. The number of aryl methyl sites for hydroxylation is 2. The Morgan fingerprint density at radius 3 is 2.55 bits per heavy atom. The Morgan fingerprint density at radius 1 is 1.03 bits per heavy atom. The fourth-order valence-electron chi connectivity index (χ4n) is 3.53. The smallest absolute Gasteiger partial charge is 0.338 e. The van der Waals surface area contributed by atoms with Crippen molar-refractivity contribution in [3.05, 3.63) is 64.7 Å². The number of anilines is 1. The largest absolute Gasteiger partial charge is 0.452 e. The van der Waals surface area contributed by atoms with E-state index in [1.54, 1.807) is 18.2 Å². The molecule has 6 heteroatoms. The average molecular weight is 394 g/mol. The van der Waals surface area contributed by atoms with E-state index in [-0.39, 0.29) is 30.0 Å². The Hall–Kier alpha value is -3.15. The molecule has 0 aliphatic heterocycles. The highest BCUT2D eigenvalue weighted by Crippen LogP contribution is 2.24. The number of hydrogen-bond acceptors (Lipinski definition) is 4. The van der Waals surface area contributed by atoms with Gasteiger partial charge in [-0.15, -0.1) is 0 Å². The molecule has 2 aromatic carbocycles. The van der Waals surface area contributed by atoms with Gasteiger partial charge >= 0.3 is 5.97 Å². The number of ether oxygens (including phenoxy) is 1. The first-order chi connectivity index (χ1) is 13.9. The van der Waals surface area contributed by atoms with Gasteiger partial charge in [0.2, 0.25) is 5.91 Å². The number of carbonyl (C=O) groups excluding carboxylic acids is 3. The van der Waals surface area contributed by atoms with Crippen molar-refractivity contribution in [3.8, 4) is 0 Å². The topological polar surface area (TPSA) is 84.5 Å². The lowest BCUT2D eigenvalue weighted by Crippen LogP contribution is -2.31. The maximum atomic E-state index is 12.2. The lowest BCUT2D eigenvalue weighted by Gasteiger charge is -2.20. The van der Waals surface area contributed by atoms with E-state index in [1.807, 2.05) is 6.92 Å². The quantitative estimate of drug-likeness (QED) is 0.734. The van der Waals surface area contributed by atoms with Crippen LogP contribution in [-0.2, 0) is 27.2 Å². The number of benzene rings is 2. The van der Waals surface area contributed by atoms with Crippen molar-refractivity contribution in [3.63, 3.8) is 0 Å². The van der Waals surface area contributed by atoms with E-state index in [0.717, 1.165) is 18.4 Å². The van der Waals surface area contributed by atoms with Crippen LogP contribution in [0, 0.1) is 0 Å². The van der Waals surface area contributed by atoms with Gasteiger partial charge in [-0.05, 0) is 67.5 Å². The molecule has 1 aliphatic rings. The molecule has 0 aromatic heterocycles. The highest BCUT2D eigenvalue weighted by molar-refractivity contribution is 5.94. The van der Waals surface area contributed by atoms with Gasteiger partial charge in [-0.25, -0.2) is 4.79 Å². The second-order valence-electron chi connectivity index (χ2n) is 7.36. The molecule has 0 saturated carbocycles.